The molecule has 8 heteroatoms. The number of carbonyl (C=O) groups is 2. The number of rotatable bonds is 5. The lowest BCUT2D eigenvalue weighted by Gasteiger charge is -2.05. The van der Waals surface area contributed by atoms with Crippen LogP contribution < -0.4 is 10.6 Å². The van der Waals surface area contributed by atoms with Crippen LogP contribution in [0.25, 0.3) is 0 Å². The lowest BCUT2D eigenvalue weighted by Crippen LogP contribution is -2.15. The van der Waals surface area contributed by atoms with Gasteiger partial charge in [-0.1, -0.05) is 17.7 Å². The number of aromatic nitrogens is 1. The molecule has 1 heterocycles. The first-order chi connectivity index (χ1) is 12.9. The molecule has 0 atom stereocenters. The molecule has 3 rings (SSSR count). The highest BCUT2D eigenvalue weighted by Gasteiger charge is 2.12. The van der Waals surface area contributed by atoms with Crippen LogP contribution in [0.2, 0.25) is 5.02 Å². The van der Waals surface area contributed by atoms with Crippen LogP contribution in [-0.2, 0) is 11.2 Å². The van der Waals surface area contributed by atoms with E-state index in [0.717, 1.165) is 0 Å². The quantitative estimate of drug-likeness (QED) is 0.649. The molecule has 0 radical (unpaired) electrons. The Hall–Kier alpha value is -2.77. The van der Waals surface area contributed by atoms with Crippen molar-refractivity contribution in [1.29, 1.82) is 0 Å². The zero-order chi connectivity index (χ0) is 19.4. The van der Waals surface area contributed by atoms with Crippen molar-refractivity contribution in [2.45, 2.75) is 13.3 Å². The summed E-state index contributed by atoms with van der Waals surface area (Å²) in [7, 11) is 0. The maximum absolute atomic E-state index is 13.5. The Bertz CT molecular complexity index is 989. The molecule has 138 valence electrons. The monoisotopic (exact) mass is 403 g/mol. The van der Waals surface area contributed by atoms with Crippen molar-refractivity contribution in [1.82, 2.24) is 4.98 Å². The van der Waals surface area contributed by atoms with E-state index < -0.39 is 0 Å². The van der Waals surface area contributed by atoms with Crippen LogP contribution in [0.1, 0.15) is 21.6 Å². The van der Waals surface area contributed by atoms with Crippen molar-refractivity contribution in [2.75, 3.05) is 10.6 Å². The molecule has 2 aromatic carbocycles. The number of amides is 2. The van der Waals surface area contributed by atoms with Gasteiger partial charge in [0.25, 0.3) is 5.91 Å². The van der Waals surface area contributed by atoms with E-state index in [1.807, 2.05) is 0 Å². The molecule has 0 saturated carbocycles. The minimum Gasteiger partial charge on any atom is -0.326 e. The summed E-state index contributed by atoms with van der Waals surface area (Å²) in [6.07, 6.45) is 0.0167. The van der Waals surface area contributed by atoms with Gasteiger partial charge in [-0.05, 0) is 48.9 Å². The predicted molar refractivity (Wildman–Crippen MR) is 105 cm³/mol. The van der Waals surface area contributed by atoms with Crippen molar-refractivity contribution in [2.24, 2.45) is 0 Å². The van der Waals surface area contributed by atoms with Gasteiger partial charge in [-0.25, -0.2) is 9.37 Å². The largest absolute Gasteiger partial charge is 0.326 e. The molecular weight excluding hydrogens is 389 g/mol. The second-order valence-electron chi connectivity index (χ2n) is 5.79. The van der Waals surface area contributed by atoms with Gasteiger partial charge in [-0.2, -0.15) is 0 Å². The topological polar surface area (TPSA) is 71.1 Å². The lowest BCUT2D eigenvalue weighted by molar-refractivity contribution is -0.115. The Balaban J connectivity index is 1.58. The number of aryl methyl sites for hydroxylation is 1. The molecule has 27 heavy (non-hydrogen) atoms. The number of benzene rings is 2. The smallest absolute Gasteiger partial charge is 0.257 e. The van der Waals surface area contributed by atoms with Gasteiger partial charge in [-0.15, -0.1) is 11.3 Å². The van der Waals surface area contributed by atoms with Crippen LogP contribution in [0.15, 0.2) is 47.8 Å². The van der Waals surface area contributed by atoms with E-state index in [9.17, 15) is 14.0 Å². The Morgan fingerprint density at radius 1 is 1.15 bits per heavy atom. The highest BCUT2D eigenvalue weighted by atomic mass is 35.5. The molecule has 2 amide bonds. The van der Waals surface area contributed by atoms with Crippen molar-refractivity contribution >= 4 is 45.6 Å². The molecule has 0 fully saturated rings. The minimum absolute atomic E-state index is 0.0167. The van der Waals surface area contributed by atoms with Gasteiger partial charge < -0.3 is 5.32 Å². The summed E-state index contributed by atoms with van der Waals surface area (Å²) in [5.74, 6) is -1.01. The fourth-order valence-corrected chi connectivity index (χ4v) is 3.09. The Morgan fingerprint density at radius 3 is 2.59 bits per heavy atom. The molecule has 5 nitrogen and oxygen atoms in total. The predicted octanol–water partition coefficient (Wildman–Crippen LogP) is 4.68. The number of carbonyl (C=O) groups excluding carboxylic acids is 2. The second-order valence-corrected chi connectivity index (χ2v) is 7.09. The van der Waals surface area contributed by atoms with E-state index in [0.29, 0.717) is 32.7 Å². The molecule has 0 unspecified atom stereocenters. The Kier molecular flexibility index (Phi) is 5.83. The van der Waals surface area contributed by atoms with E-state index in [2.05, 4.69) is 15.6 Å². The van der Waals surface area contributed by atoms with Gasteiger partial charge in [0.1, 0.15) is 5.82 Å². The Morgan fingerprint density at radius 2 is 1.89 bits per heavy atom. The standard InChI is InChI=1S/C19H15ClFN3O2S/c1-11-2-7-14(8-16(11)21)22-17(25)9-15-10-27-19(23-15)24-18(26)12-3-5-13(20)6-4-12/h2-8,10H,9H2,1H3,(H,22,25)(H,23,24,26). The first-order valence-electron chi connectivity index (χ1n) is 7.98. The highest BCUT2D eigenvalue weighted by Crippen LogP contribution is 2.19. The first-order valence-corrected chi connectivity index (χ1v) is 9.24. The molecular formula is C19H15ClFN3O2S. The zero-order valence-electron chi connectivity index (χ0n) is 14.3. The number of anilines is 2. The summed E-state index contributed by atoms with van der Waals surface area (Å²) < 4.78 is 13.5. The van der Waals surface area contributed by atoms with E-state index in [4.69, 9.17) is 11.6 Å². The normalized spacial score (nSPS) is 10.5. The van der Waals surface area contributed by atoms with Crippen molar-refractivity contribution in [3.63, 3.8) is 0 Å². The van der Waals surface area contributed by atoms with Gasteiger partial charge in [0.15, 0.2) is 5.13 Å². The second kappa shape index (κ2) is 8.28. The van der Waals surface area contributed by atoms with Gasteiger partial charge in [-0.3, -0.25) is 14.9 Å². The number of hydrogen-bond acceptors (Lipinski definition) is 4. The maximum atomic E-state index is 13.5. The van der Waals surface area contributed by atoms with Crippen LogP contribution in [0.5, 0.6) is 0 Å². The van der Waals surface area contributed by atoms with Crippen molar-refractivity contribution in [3.8, 4) is 0 Å². The van der Waals surface area contributed by atoms with Crippen LogP contribution in [0.4, 0.5) is 15.2 Å². The third-order valence-electron chi connectivity index (χ3n) is 3.68. The molecule has 0 aliphatic heterocycles. The number of nitrogens with one attached hydrogen (secondary N) is 2. The summed E-state index contributed by atoms with van der Waals surface area (Å²) in [4.78, 5) is 28.5. The third kappa shape index (κ3) is 5.12. The number of nitrogens with zero attached hydrogens (tertiary/aromatic N) is 1. The molecule has 2 N–H and O–H groups in total. The summed E-state index contributed by atoms with van der Waals surface area (Å²) >= 11 is 7.02. The van der Waals surface area contributed by atoms with Crippen LogP contribution in [-0.4, -0.2) is 16.8 Å². The van der Waals surface area contributed by atoms with Gasteiger partial charge in [0, 0.05) is 21.7 Å². The maximum Gasteiger partial charge on any atom is 0.257 e. The molecule has 3 aromatic rings. The third-order valence-corrected chi connectivity index (χ3v) is 4.73. The number of halogens is 2. The summed E-state index contributed by atoms with van der Waals surface area (Å²) in [6, 6.07) is 11.0. The molecule has 0 bridgehead atoms. The van der Waals surface area contributed by atoms with E-state index in [-0.39, 0.29) is 24.1 Å². The van der Waals surface area contributed by atoms with E-state index in [1.165, 1.54) is 17.4 Å². The molecule has 0 aliphatic rings. The van der Waals surface area contributed by atoms with Crippen LogP contribution in [0.3, 0.4) is 0 Å². The van der Waals surface area contributed by atoms with Crippen molar-refractivity contribution < 1.29 is 14.0 Å². The van der Waals surface area contributed by atoms with Gasteiger partial charge in [0.05, 0.1) is 12.1 Å². The molecule has 0 saturated heterocycles. The lowest BCUT2D eigenvalue weighted by atomic mass is 10.2. The van der Waals surface area contributed by atoms with Crippen molar-refractivity contribution in [3.05, 3.63) is 75.5 Å². The van der Waals surface area contributed by atoms with Gasteiger partial charge in [0.2, 0.25) is 5.91 Å². The summed E-state index contributed by atoms with van der Waals surface area (Å²) in [5, 5.41) is 7.92. The summed E-state index contributed by atoms with van der Waals surface area (Å²) in [5.41, 5.74) is 1.86. The zero-order valence-corrected chi connectivity index (χ0v) is 15.8. The highest BCUT2D eigenvalue weighted by molar-refractivity contribution is 7.14. The summed E-state index contributed by atoms with van der Waals surface area (Å²) in [6.45, 7) is 1.65. The average molecular weight is 404 g/mol. The molecule has 1 aromatic heterocycles. The minimum atomic E-state index is -0.381. The van der Waals surface area contributed by atoms with E-state index in [1.54, 1.807) is 48.7 Å². The average Bonchev–Trinajstić information content (AvgIpc) is 3.05. The van der Waals surface area contributed by atoms with Crippen LogP contribution >= 0.6 is 22.9 Å². The van der Waals surface area contributed by atoms with E-state index >= 15 is 0 Å². The fraction of sp³-hybridized carbons (Fsp3) is 0.105. The number of thiazole rings is 1. The first kappa shape index (κ1) is 19.0. The fourth-order valence-electron chi connectivity index (χ4n) is 2.26. The Labute approximate surface area is 164 Å². The molecule has 0 aliphatic carbocycles. The van der Waals surface area contributed by atoms with Crippen LogP contribution in [0, 0.1) is 12.7 Å². The molecule has 0 spiro atoms. The van der Waals surface area contributed by atoms with Gasteiger partial charge >= 0.3 is 0 Å². The number of hydrogen-bond donors (Lipinski definition) is 2. The SMILES string of the molecule is Cc1ccc(NC(=O)Cc2csc(NC(=O)c3ccc(Cl)cc3)n2)cc1F.